The van der Waals surface area contributed by atoms with E-state index in [0.29, 0.717) is 17.9 Å². The number of allylic oxidation sites excluding steroid dienone is 9. The zero-order valence-electron chi connectivity index (χ0n) is 11.5. The lowest BCUT2D eigenvalue weighted by atomic mass is 9.99. The molecule has 0 rings (SSSR count). The highest BCUT2D eigenvalue weighted by Crippen LogP contribution is 2.19. The SMILES string of the molecule is C=C(N)/C=C\C(=C/C)C(=C)/C(C)=C/C=C(/O)CC. The minimum absolute atomic E-state index is 0.357. The summed E-state index contributed by atoms with van der Waals surface area (Å²) >= 11 is 0. The summed E-state index contributed by atoms with van der Waals surface area (Å²) < 4.78 is 0. The molecule has 2 heteroatoms. The number of aliphatic hydroxyl groups is 1. The predicted molar refractivity (Wildman–Crippen MR) is 80.1 cm³/mol. The first-order valence-corrected chi connectivity index (χ1v) is 5.97. The molecule has 2 nitrogen and oxygen atoms in total. The Hall–Kier alpha value is -1.96. The topological polar surface area (TPSA) is 46.2 Å². The normalized spacial score (nSPS) is 14.1. The Morgan fingerprint density at radius 3 is 2.28 bits per heavy atom. The highest BCUT2D eigenvalue weighted by atomic mass is 16.3. The minimum Gasteiger partial charge on any atom is -0.512 e. The van der Waals surface area contributed by atoms with Gasteiger partial charge in [0.25, 0.3) is 0 Å². The molecule has 0 aliphatic rings. The lowest BCUT2D eigenvalue weighted by Gasteiger charge is -2.06. The van der Waals surface area contributed by atoms with Crippen LogP contribution in [0.2, 0.25) is 0 Å². The van der Waals surface area contributed by atoms with Crippen molar-refractivity contribution in [3.8, 4) is 0 Å². The van der Waals surface area contributed by atoms with Crippen LogP contribution in [0.25, 0.3) is 0 Å². The van der Waals surface area contributed by atoms with E-state index in [4.69, 9.17) is 5.73 Å². The van der Waals surface area contributed by atoms with Gasteiger partial charge in [-0.15, -0.1) is 0 Å². The first-order chi connectivity index (χ1) is 8.42. The smallest absolute Gasteiger partial charge is 0.0919 e. The highest BCUT2D eigenvalue weighted by molar-refractivity contribution is 5.50. The lowest BCUT2D eigenvalue weighted by molar-refractivity contribution is 0.395. The zero-order chi connectivity index (χ0) is 14.1. The van der Waals surface area contributed by atoms with Gasteiger partial charge >= 0.3 is 0 Å². The van der Waals surface area contributed by atoms with E-state index in [1.165, 1.54) is 0 Å². The third-order valence-electron chi connectivity index (χ3n) is 2.50. The summed E-state index contributed by atoms with van der Waals surface area (Å²) in [4.78, 5) is 0. The van der Waals surface area contributed by atoms with E-state index in [0.717, 1.165) is 16.7 Å². The van der Waals surface area contributed by atoms with Gasteiger partial charge in [-0.3, -0.25) is 0 Å². The Balaban J connectivity index is 4.97. The third kappa shape index (κ3) is 5.94. The second-order valence-corrected chi connectivity index (χ2v) is 3.99. The number of nitrogens with two attached hydrogens (primary N) is 1. The third-order valence-corrected chi connectivity index (χ3v) is 2.50. The molecule has 0 saturated carbocycles. The molecule has 0 amide bonds. The van der Waals surface area contributed by atoms with E-state index in [2.05, 4.69) is 13.2 Å². The Bertz CT molecular complexity index is 434. The van der Waals surface area contributed by atoms with Crippen LogP contribution in [0.1, 0.15) is 27.2 Å². The summed E-state index contributed by atoms with van der Waals surface area (Å²) in [6.07, 6.45) is 9.76. The van der Waals surface area contributed by atoms with E-state index in [-0.39, 0.29) is 0 Å². The van der Waals surface area contributed by atoms with Crippen molar-refractivity contribution in [2.75, 3.05) is 0 Å². The fraction of sp³-hybridized carbons (Fsp3) is 0.250. The molecule has 3 N–H and O–H groups in total. The quantitative estimate of drug-likeness (QED) is 0.541. The Morgan fingerprint density at radius 2 is 1.83 bits per heavy atom. The molecule has 0 atom stereocenters. The van der Waals surface area contributed by atoms with E-state index < -0.39 is 0 Å². The fourth-order valence-corrected chi connectivity index (χ4v) is 1.24. The van der Waals surface area contributed by atoms with Crippen molar-refractivity contribution in [1.82, 2.24) is 0 Å². The molecule has 0 aromatic rings. The van der Waals surface area contributed by atoms with Gasteiger partial charge in [-0.05, 0) is 42.7 Å². The van der Waals surface area contributed by atoms with Gasteiger partial charge in [-0.2, -0.15) is 0 Å². The van der Waals surface area contributed by atoms with E-state index in [1.54, 1.807) is 12.2 Å². The maximum absolute atomic E-state index is 9.39. The van der Waals surface area contributed by atoms with E-state index in [9.17, 15) is 5.11 Å². The summed E-state index contributed by atoms with van der Waals surface area (Å²) in [7, 11) is 0. The fourth-order valence-electron chi connectivity index (χ4n) is 1.24. The maximum Gasteiger partial charge on any atom is 0.0919 e. The van der Waals surface area contributed by atoms with Crippen molar-refractivity contribution < 1.29 is 5.11 Å². The van der Waals surface area contributed by atoms with Crippen molar-refractivity contribution in [2.45, 2.75) is 27.2 Å². The number of aliphatic hydroxyl groups excluding tert-OH is 1. The van der Waals surface area contributed by atoms with Crippen LogP contribution in [0.5, 0.6) is 0 Å². The lowest BCUT2D eigenvalue weighted by Crippen LogP contribution is -1.91. The van der Waals surface area contributed by atoms with Gasteiger partial charge in [0.05, 0.1) is 5.76 Å². The summed E-state index contributed by atoms with van der Waals surface area (Å²) in [5.41, 5.74) is 8.88. The zero-order valence-corrected chi connectivity index (χ0v) is 11.5. The van der Waals surface area contributed by atoms with Gasteiger partial charge in [-0.1, -0.05) is 38.3 Å². The molecule has 0 unspecified atom stereocenters. The number of rotatable bonds is 6. The standard InChI is InChI=1S/C16H23NO/c1-6-15(10-9-13(4)17)14(5)12(3)8-11-16(18)7-2/h6,8-11,18H,4-5,7,17H2,1-3H3/b10-9-,12-8+,15-6+,16-11+. The van der Waals surface area contributed by atoms with Gasteiger partial charge in [0.15, 0.2) is 0 Å². The number of hydrogen-bond acceptors (Lipinski definition) is 2. The molecular formula is C16H23NO. The molecule has 0 fully saturated rings. The second kappa shape index (κ2) is 8.18. The first-order valence-electron chi connectivity index (χ1n) is 5.97. The van der Waals surface area contributed by atoms with Crippen LogP contribution in [0, 0.1) is 0 Å². The molecule has 0 aliphatic carbocycles. The molecule has 0 saturated heterocycles. The molecule has 0 bridgehead atoms. The molecule has 0 spiro atoms. The van der Waals surface area contributed by atoms with Crippen LogP contribution >= 0.6 is 0 Å². The van der Waals surface area contributed by atoms with Crippen molar-refractivity contribution in [1.29, 1.82) is 0 Å². The highest BCUT2D eigenvalue weighted by Gasteiger charge is 2.00. The molecule has 98 valence electrons. The van der Waals surface area contributed by atoms with Crippen molar-refractivity contribution in [3.05, 3.63) is 71.7 Å². The van der Waals surface area contributed by atoms with Crippen LogP contribution in [-0.2, 0) is 0 Å². The Labute approximate surface area is 110 Å². The summed E-state index contributed by atoms with van der Waals surface area (Å²) in [6, 6.07) is 0. The molecule has 0 aromatic heterocycles. The Kier molecular flexibility index (Phi) is 7.29. The van der Waals surface area contributed by atoms with Crippen LogP contribution in [-0.4, -0.2) is 5.11 Å². The molecule has 0 heterocycles. The van der Waals surface area contributed by atoms with Gasteiger partial charge in [-0.25, -0.2) is 0 Å². The van der Waals surface area contributed by atoms with Crippen molar-refractivity contribution in [2.24, 2.45) is 5.73 Å². The summed E-state index contributed by atoms with van der Waals surface area (Å²) in [6.45, 7) is 13.4. The average Bonchev–Trinajstić information content (AvgIpc) is 2.35. The van der Waals surface area contributed by atoms with Gasteiger partial charge < -0.3 is 10.8 Å². The minimum atomic E-state index is 0.357. The van der Waals surface area contributed by atoms with Crippen LogP contribution in [0.15, 0.2) is 71.7 Å². The Morgan fingerprint density at radius 1 is 1.22 bits per heavy atom. The number of hydrogen-bond donors (Lipinski definition) is 2. The van der Waals surface area contributed by atoms with E-state index in [1.807, 2.05) is 39.0 Å². The van der Waals surface area contributed by atoms with Crippen molar-refractivity contribution >= 4 is 0 Å². The second-order valence-electron chi connectivity index (χ2n) is 3.99. The van der Waals surface area contributed by atoms with Gasteiger partial charge in [0.2, 0.25) is 0 Å². The molecule has 0 aromatic carbocycles. The molecule has 0 aliphatic heterocycles. The maximum atomic E-state index is 9.39. The molecule has 18 heavy (non-hydrogen) atoms. The molecule has 0 radical (unpaired) electrons. The van der Waals surface area contributed by atoms with Crippen LogP contribution in [0.3, 0.4) is 0 Å². The molecular weight excluding hydrogens is 222 g/mol. The van der Waals surface area contributed by atoms with Crippen LogP contribution in [0.4, 0.5) is 0 Å². The van der Waals surface area contributed by atoms with E-state index >= 15 is 0 Å². The van der Waals surface area contributed by atoms with Gasteiger partial charge in [0, 0.05) is 12.1 Å². The largest absolute Gasteiger partial charge is 0.512 e. The summed E-state index contributed by atoms with van der Waals surface area (Å²) in [5, 5.41) is 9.39. The predicted octanol–water partition coefficient (Wildman–Crippen LogP) is 4.32. The monoisotopic (exact) mass is 245 g/mol. The average molecular weight is 245 g/mol. The summed E-state index contributed by atoms with van der Waals surface area (Å²) in [5.74, 6) is 0.357. The first kappa shape index (κ1) is 16.0. The van der Waals surface area contributed by atoms with Crippen molar-refractivity contribution in [3.63, 3.8) is 0 Å². The van der Waals surface area contributed by atoms with Gasteiger partial charge in [0.1, 0.15) is 0 Å². The van der Waals surface area contributed by atoms with Crippen LogP contribution < -0.4 is 5.73 Å².